The number of nitrogens with one attached hydrogen (secondary N) is 1. The Morgan fingerprint density at radius 2 is 1.89 bits per heavy atom. The number of methoxy groups -OCH3 is 1. The maximum absolute atomic E-state index is 13.8. The zero-order chi connectivity index (χ0) is 25.6. The summed E-state index contributed by atoms with van der Waals surface area (Å²) in [7, 11) is 1.25. The first-order valence-corrected chi connectivity index (χ1v) is 11.5. The first-order valence-electron chi connectivity index (χ1n) is 10.3. The molecular weight excluding hydrogens is 517 g/mol. The number of rotatable bonds is 5. The van der Waals surface area contributed by atoms with Gasteiger partial charge in [0, 0.05) is 21.3 Å². The highest BCUT2D eigenvalue weighted by Gasteiger charge is 2.22. The number of amides is 1. The van der Waals surface area contributed by atoms with E-state index in [9.17, 15) is 22.8 Å². The lowest BCUT2D eigenvalue weighted by atomic mass is 10.1. The van der Waals surface area contributed by atoms with Crippen molar-refractivity contribution in [2.45, 2.75) is 6.43 Å². The Morgan fingerprint density at radius 3 is 2.58 bits per heavy atom. The molecule has 0 saturated heterocycles. The van der Waals surface area contributed by atoms with Crippen molar-refractivity contribution in [1.29, 1.82) is 0 Å². The molecule has 5 rings (SSSR count). The molecule has 12 heteroatoms. The summed E-state index contributed by atoms with van der Waals surface area (Å²) in [6.45, 7) is 0. The minimum Gasteiger partial charge on any atom is -0.465 e. The largest absolute Gasteiger partial charge is 0.465 e. The van der Waals surface area contributed by atoms with Gasteiger partial charge in [-0.2, -0.15) is 5.10 Å². The number of nitrogens with zero attached hydrogens (tertiary/aromatic N) is 3. The second-order valence-electron chi connectivity index (χ2n) is 7.57. The van der Waals surface area contributed by atoms with Gasteiger partial charge in [-0.1, -0.05) is 11.6 Å². The van der Waals surface area contributed by atoms with Gasteiger partial charge in [-0.25, -0.2) is 27.5 Å². The number of ether oxygens (including phenoxy) is 1. The Balaban J connectivity index is 1.53. The number of aromatic nitrogens is 3. The molecular formula is C24H14ClF3N4O3S. The maximum Gasteiger partial charge on any atom is 0.349 e. The van der Waals surface area contributed by atoms with Crippen LogP contribution in [0, 0.1) is 5.82 Å². The third-order valence-corrected chi connectivity index (χ3v) is 7.00. The molecule has 36 heavy (non-hydrogen) atoms. The van der Waals surface area contributed by atoms with Gasteiger partial charge >= 0.3 is 5.97 Å². The minimum absolute atomic E-state index is 0.0413. The molecule has 0 radical (unpaired) electrons. The summed E-state index contributed by atoms with van der Waals surface area (Å²) in [5.74, 6) is -1.69. The fraction of sp³-hybridized carbons (Fsp3) is 0.0833. The number of alkyl halides is 2. The van der Waals surface area contributed by atoms with Gasteiger partial charge in [0.2, 0.25) is 0 Å². The molecule has 5 aromatic rings. The van der Waals surface area contributed by atoms with Crippen molar-refractivity contribution in [3.63, 3.8) is 0 Å². The van der Waals surface area contributed by atoms with E-state index in [0.717, 1.165) is 28.1 Å². The molecule has 0 fully saturated rings. The van der Waals surface area contributed by atoms with Gasteiger partial charge in [-0.05, 0) is 48.5 Å². The molecule has 2 aromatic carbocycles. The highest BCUT2D eigenvalue weighted by atomic mass is 35.5. The Labute approximate surface area is 210 Å². The summed E-state index contributed by atoms with van der Waals surface area (Å²) in [6.07, 6.45) is -1.76. The van der Waals surface area contributed by atoms with Crippen LogP contribution in [-0.4, -0.2) is 33.6 Å². The SMILES string of the molecule is COC(=O)c1sc2cc(NC(=O)c3cnn4c(C(F)F)cc(-c5ccc(F)cc5)nc34)ccc2c1Cl. The highest BCUT2D eigenvalue weighted by Crippen LogP contribution is 2.37. The average Bonchev–Trinajstić information content (AvgIpc) is 3.44. The predicted octanol–water partition coefficient (Wildman–Crippen LogP) is 6.38. The van der Waals surface area contributed by atoms with E-state index in [2.05, 4.69) is 15.4 Å². The van der Waals surface area contributed by atoms with Gasteiger partial charge in [0.15, 0.2) is 5.65 Å². The number of esters is 1. The molecule has 0 atom stereocenters. The zero-order valence-corrected chi connectivity index (χ0v) is 19.8. The number of fused-ring (bicyclic) bond motifs is 2. The standard InChI is InChI=1S/C24H14ClF3N4O3S/c1-35-24(34)20-19(25)14-7-6-13(8-18(14)36-20)30-23(33)15-10-29-32-17(21(27)28)9-16(31-22(15)32)11-2-4-12(26)5-3-11/h2-10,21H,1H3,(H,30,33). The summed E-state index contributed by atoms with van der Waals surface area (Å²) >= 11 is 7.38. The normalized spacial score (nSPS) is 11.4. The van der Waals surface area contributed by atoms with Crippen LogP contribution < -0.4 is 5.32 Å². The van der Waals surface area contributed by atoms with Crippen LogP contribution in [-0.2, 0) is 4.74 Å². The van der Waals surface area contributed by atoms with Crippen LogP contribution in [0.3, 0.4) is 0 Å². The summed E-state index contributed by atoms with van der Waals surface area (Å²) in [4.78, 5) is 29.6. The third kappa shape index (κ3) is 4.16. The van der Waals surface area contributed by atoms with Crippen LogP contribution in [0.4, 0.5) is 18.9 Å². The van der Waals surface area contributed by atoms with Gasteiger partial charge in [-0.3, -0.25) is 4.79 Å². The van der Waals surface area contributed by atoms with E-state index in [1.165, 1.54) is 31.4 Å². The number of carbonyl (C=O) groups excluding carboxylic acids is 2. The molecule has 1 amide bonds. The Morgan fingerprint density at radius 1 is 1.14 bits per heavy atom. The fourth-order valence-corrected chi connectivity index (χ4v) is 5.10. The van der Waals surface area contributed by atoms with Gasteiger partial charge in [-0.15, -0.1) is 11.3 Å². The van der Waals surface area contributed by atoms with Gasteiger partial charge < -0.3 is 10.1 Å². The maximum atomic E-state index is 13.8. The number of benzene rings is 2. The second-order valence-corrected chi connectivity index (χ2v) is 9.00. The number of halogens is 4. The fourth-order valence-electron chi connectivity index (χ4n) is 3.64. The lowest BCUT2D eigenvalue weighted by Gasteiger charge is -2.09. The van der Waals surface area contributed by atoms with Gasteiger partial charge in [0.25, 0.3) is 12.3 Å². The van der Waals surface area contributed by atoms with E-state index in [1.807, 2.05) is 0 Å². The average molecular weight is 531 g/mol. The number of thiophene rings is 1. The van der Waals surface area contributed by atoms with E-state index in [4.69, 9.17) is 16.3 Å². The van der Waals surface area contributed by atoms with Crippen LogP contribution in [0.25, 0.3) is 27.0 Å². The van der Waals surface area contributed by atoms with E-state index in [-0.39, 0.29) is 26.8 Å². The number of hydrogen-bond acceptors (Lipinski definition) is 6. The molecule has 7 nitrogen and oxygen atoms in total. The van der Waals surface area contributed by atoms with Crippen LogP contribution in [0.1, 0.15) is 32.1 Å². The lowest BCUT2D eigenvalue weighted by Crippen LogP contribution is -2.12. The minimum atomic E-state index is -2.90. The molecule has 1 N–H and O–H groups in total. The van der Waals surface area contributed by atoms with Crippen molar-refractivity contribution in [3.8, 4) is 11.3 Å². The van der Waals surface area contributed by atoms with Crippen LogP contribution in [0.2, 0.25) is 5.02 Å². The lowest BCUT2D eigenvalue weighted by molar-refractivity contribution is 0.0606. The van der Waals surface area contributed by atoms with E-state index in [1.54, 1.807) is 18.2 Å². The van der Waals surface area contributed by atoms with Crippen molar-refractivity contribution in [2.75, 3.05) is 12.4 Å². The molecule has 0 bridgehead atoms. The first-order chi connectivity index (χ1) is 17.3. The quantitative estimate of drug-likeness (QED) is 0.266. The van der Waals surface area contributed by atoms with Crippen molar-refractivity contribution in [3.05, 3.63) is 81.7 Å². The number of hydrogen-bond donors (Lipinski definition) is 1. The van der Waals surface area contributed by atoms with E-state index < -0.39 is 29.8 Å². The Hall–Kier alpha value is -3.96. The van der Waals surface area contributed by atoms with Crippen LogP contribution in [0.15, 0.2) is 54.7 Å². The Bertz CT molecular complexity index is 1650. The summed E-state index contributed by atoms with van der Waals surface area (Å²) in [5.41, 5.74) is 0.318. The number of carbonyl (C=O) groups is 2. The summed E-state index contributed by atoms with van der Waals surface area (Å²) < 4.78 is 47.2. The monoisotopic (exact) mass is 530 g/mol. The predicted molar refractivity (Wildman–Crippen MR) is 129 cm³/mol. The molecule has 0 saturated carbocycles. The van der Waals surface area contributed by atoms with Crippen molar-refractivity contribution in [1.82, 2.24) is 14.6 Å². The summed E-state index contributed by atoms with van der Waals surface area (Å²) in [5, 5.41) is 7.49. The molecule has 0 spiro atoms. The van der Waals surface area contributed by atoms with Crippen LogP contribution in [0.5, 0.6) is 0 Å². The molecule has 3 heterocycles. The molecule has 0 aliphatic heterocycles. The van der Waals surface area contributed by atoms with Crippen LogP contribution >= 0.6 is 22.9 Å². The molecule has 3 aromatic heterocycles. The molecule has 182 valence electrons. The Kier molecular flexibility index (Phi) is 6.10. The molecule has 0 unspecified atom stereocenters. The zero-order valence-electron chi connectivity index (χ0n) is 18.3. The first kappa shape index (κ1) is 23.8. The van der Waals surface area contributed by atoms with Gasteiger partial charge in [0.05, 0.1) is 24.0 Å². The van der Waals surface area contributed by atoms with Gasteiger partial charge in [0.1, 0.15) is 22.0 Å². The van der Waals surface area contributed by atoms with Crippen molar-refractivity contribution < 1.29 is 27.5 Å². The molecule has 0 aliphatic carbocycles. The highest BCUT2D eigenvalue weighted by molar-refractivity contribution is 7.21. The summed E-state index contributed by atoms with van der Waals surface area (Å²) in [6, 6.07) is 11.2. The third-order valence-electron chi connectivity index (χ3n) is 5.37. The smallest absolute Gasteiger partial charge is 0.349 e. The second kappa shape index (κ2) is 9.25. The van der Waals surface area contributed by atoms with E-state index >= 15 is 0 Å². The number of anilines is 1. The van der Waals surface area contributed by atoms with Crippen molar-refractivity contribution in [2.24, 2.45) is 0 Å². The topological polar surface area (TPSA) is 85.6 Å². The van der Waals surface area contributed by atoms with Crippen molar-refractivity contribution >= 4 is 56.2 Å². The molecule has 0 aliphatic rings. The van der Waals surface area contributed by atoms with E-state index in [0.29, 0.717) is 21.3 Å².